The summed E-state index contributed by atoms with van der Waals surface area (Å²) in [6.45, 7) is 2.29. The average Bonchev–Trinajstić information content (AvgIpc) is 2.78. The third kappa shape index (κ3) is 3.14. The molecule has 0 saturated heterocycles. The van der Waals surface area contributed by atoms with E-state index in [0.717, 1.165) is 0 Å². The molecule has 6 nitrogen and oxygen atoms in total. The fourth-order valence-corrected chi connectivity index (χ4v) is 2.03. The number of nitrogens with two attached hydrogens (primary N) is 1. The van der Waals surface area contributed by atoms with Crippen molar-refractivity contribution in [1.29, 1.82) is 0 Å². The van der Waals surface area contributed by atoms with Crippen LogP contribution in [0.3, 0.4) is 0 Å². The van der Waals surface area contributed by atoms with Crippen molar-refractivity contribution in [2.75, 3.05) is 12.3 Å². The maximum absolute atomic E-state index is 9.74. The summed E-state index contributed by atoms with van der Waals surface area (Å²) < 4.78 is 5.47. The summed E-state index contributed by atoms with van der Waals surface area (Å²) in [5.74, 6) is 0.417. The van der Waals surface area contributed by atoms with Crippen LogP contribution in [0.2, 0.25) is 0 Å². The van der Waals surface area contributed by atoms with Gasteiger partial charge in [0.2, 0.25) is 5.13 Å². The van der Waals surface area contributed by atoms with Crippen molar-refractivity contribution >= 4 is 28.3 Å². The second-order valence-electron chi connectivity index (χ2n) is 3.63. The molecular formula is C12H13N3O3S. The Kier molecular flexibility index (Phi) is 3.86. The zero-order chi connectivity index (χ0) is 13.8. The Morgan fingerprint density at radius 1 is 1.42 bits per heavy atom. The summed E-state index contributed by atoms with van der Waals surface area (Å²) in [6, 6.07) is 4.31. The maximum atomic E-state index is 9.74. The third-order valence-electron chi connectivity index (χ3n) is 2.25. The topological polar surface area (TPSA) is 101 Å². The minimum Gasteiger partial charge on any atom is -0.508 e. The van der Waals surface area contributed by atoms with Gasteiger partial charge in [0, 0.05) is 11.6 Å². The fourth-order valence-electron chi connectivity index (χ4n) is 1.45. The van der Waals surface area contributed by atoms with Crippen LogP contribution in [0.5, 0.6) is 11.5 Å². The lowest BCUT2D eigenvalue weighted by molar-refractivity contribution is 0.299. The van der Waals surface area contributed by atoms with Crippen molar-refractivity contribution in [2.24, 2.45) is 0 Å². The number of hydrogen-bond donors (Lipinski definition) is 3. The minimum absolute atomic E-state index is 0.00669. The number of ether oxygens (including phenoxy) is 1. The summed E-state index contributed by atoms with van der Waals surface area (Å²) in [5.41, 5.74) is 6.04. The van der Waals surface area contributed by atoms with Crippen LogP contribution >= 0.6 is 11.3 Å². The molecule has 1 heterocycles. The molecule has 0 amide bonds. The van der Waals surface area contributed by atoms with Crippen molar-refractivity contribution in [3.05, 3.63) is 28.8 Å². The van der Waals surface area contributed by atoms with E-state index in [2.05, 4.69) is 10.2 Å². The molecule has 2 rings (SSSR count). The summed E-state index contributed by atoms with van der Waals surface area (Å²) in [6.07, 6.45) is 1.62. The van der Waals surface area contributed by atoms with Gasteiger partial charge in [0.1, 0.15) is 11.5 Å². The van der Waals surface area contributed by atoms with Gasteiger partial charge in [-0.15, -0.1) is 10.2 Å². The van der Waals surface area contributed by atoms with Gasteiger partial charge >= 0.3 is 0 Å². The molecule has 19 heavy (non-hydrogen) atoms. The molecule has 0 atom stereocenters. The standard InChI is InChI=1S/C12H13N3O3S/c1-2-18-10(11-14-15-12(13)19-11)5-7-3-4-8(16)6-9(7)17/h3-6,16-17H,2H2,1H3,(H2,13,15)/b10-5-. The highest BCUT2D eigenvalue weighted by atomic mass is 32.1. The van der Waals surface area contributed by atoms with E-state index < -0.39 is 0 Å². The number of hydrogen-bond acceptors (Lipinski definition) is 7. The average molecular weight is 279 g/mol. The van der Waals surface area contributed by atoms with E-state index in [1.165, 1.54) is 23.5 Å². The molecule has 1 aromatic carbocycles. The van der Waals surface area contributed by atoms with E-state index in [1.807, 2.05) is 6.92 Å². The van der Waals surface area contributed by atoms with E-state index in [9.17, 15) is 10.2 Å². The Morgan fingerprint density at radius 2 is 2.21 bits per heavy atom. The molecule has 0 aliphatic heterocycles. The number of rotatable bonds is 4. The predicted molar refractivity (Wildman–Crippen MR) is 73.6 cm³/mol. The third-order valence-corrected chi connectivity index (χ3v) is 3.02. The first-order chi connectivity index (χ1) is 9.10. The van der Waals surface area contributed by atoms with E-state index in [1.54, 1.807) is 12.1 Å². The van der Waals surface area contributed by atoms with Gasteiger partial charge < -0.3 is 20.7 Å². The molecule has 0 radical (unpaired) electrons. The quantitative estimate of drug-likeness (QED) is 0.740. The number of phenolic OH excluding ortho intramolecular Hbond substituents is 2. The Labute approximate surface area is 113 Å². The number of phenols is 2. The van der Waals surface area contributed by atoms with E-state index in [4.69, 9.17) is 10.5 Å². The van der Waals surface area contributed by atoms with Crippen molar-refractivity contribution in [1.82, 2.24) is 10.2 Å². The fraction of sp³-hybridized carbons (Fsp3) is 0.167. The zero-order valence-electron chi connectivity index (χ0n) is 10.2. The van der Waals surface area contributed by atoms with Crippen molar-refractivity contribution in [3.8, 4) is 11.5 Å². The highest BCUT2D eigenvalue weighted by Gasteiger charge is 2.10. The Hall–Kier alpha value is -2.28. The van der Waals surface area contributed by atoms with E-state index in [0.29, 0.717) is 28.1 Å². The molecule has 2 aromatic rings. The number of nitrogen functional groups attached to an aromatic ring is 1. The van der Waals surface area contributed by atoms with Crippen LogP contribution in [0.15, 0.2) is 18.2 Å². The van der Waals surface area contributed by atoms with Crippen molar-refractivity contribution in [2.45, 2.75) is 6.92 Å². The summed E-state index contributed by atoms with van der Waals surface area (Å²) in [4.78, 5) is 0. The highest BCUT2D eigenvalue weighted by Crippen LogP contribution is 2.29. The van der Waals surface area contributed by atoms with Gasteiger partial charge in [-0.1, -0.05) is 11.3 Å². The van der Waals surface area contributed by atoms with Gasteiger partial charge in [-0.05, 0) is 25.1 Å². The Morgan fingerprint density at radius 3 is 2.79 bits per heavy atom. The molecule has 0 bridgehead atoms. The second-order valence-corrected chi connectivity index (χ2v) is 4.64. The summed E-state index contributed by atoms with van der Waals surface area (Å²) in [5, 5.41) is 27.5. The van der Waals surface area contributed by atoms with Gasteiger partial charge in [0.05, 0.1) is 6.61 Å². The van der Waals surface area contributed by atoms with Crippen LogP contribution in [0, 0.1) is 0 Å². The van der Waals surface area contributed by atoms with Crippen molar-refractivity contribution in [3.63, 3.8) is 0 Å². The smallest absolute Gasteiger partial charge is 0.203 e. The molecule has 4 N–H and O–H groups in total. The monoisotopic (exact) mass is 279 g/mol. The predicted octanol–water partition coefficient (Wildman–Crippen LogP) is 2.07. The summed E-state index contributed by atoms with van der Waals surface area (Å²) in [7, 11) is 0. The van der Waals surface area contributed by atoms with Gasteiger partial charge in [-0.3, -0.25) is 0 Å². The van der Waals surface area contributed by atoms with Crippen LogP contribution in [-0.2, 0) is 4.74 Å². The van der Waals surface area contributed by atoms with Crippen LogP contribution in [0.4, 0.5) is 5.13 Å². The first-order valence-corrected chi connectivity index (χ1v) is 6.37. The molecule has 100 valence electrons. The van der Waals surface area contributed by atoms with Gasteiger partial charge in [-0.25, -0.2) is 0 Å². The van der Waals surface area contributed by atoms with Gasteiger partial charge in [-0.2, -0.15) is 0 Å². The molecule has 0 aliphatic carbocycles. The molecule has 1 aromatic heterocycles. The number of aromatic hydroxyl groups is 2. The molecule has 0 aliphatic rings. The Balaban J connectivity index is 2.40. The second kappa shape index (κ2) is 5.57. The molecule has 7 heteroatoms. The molecule has 0 unspecified atom stereocenters. The number of anilines is 1. The number of nitrogens with zero attached hydrogens (tertiary/aromatic N) is 2. The van der Waals surface area contributed by atoms with E-state index in [-0.39, 0.29) is 11.5 Å². The Bertz CT molecular complexity index is 610. The first-order valence-electron chi connectivity index (χ1n) is 5.56. The maximum Gasteiger partial charge on any atom is 0.203 e. The van der Waals surface area contributed by atoms with Crippen LogP contribution < -0.4 is 5.73 Å². The van der Waals surface area contributed by atoms with Gasteiger partial charge in [0.25, 0.3) is 0 Å². The molecular weight excluding hydrogens is 266 g/mol. The lowest BCUT2D eigenvalue weighted by Crippen LogP contribution is -1.91. The molecule has 0 spiro atoms. The SMILES string of the molecule is CCO/C(=C\c1ccc(O)cc1O)c1nnc(N)s1. The first kappa shape index (κ1) is 13.2. The van der Waals surface area contributed by atoms with E-state index >= 15 is 0 Å². The van der Waals surface area contributed by atoms with Crippen molar-refractivity contribution < 1.29 is 14.9 Å². The number of aromatic nitrogens is 2. The number of benzene rings is 1. The lowest BCUT2D eigenvalue weighted by Gasteiger charge is -2.06. The van der Waals surface area contributed by atoms with Gasteiger partial charge in [0.15, 0.2) is 10.8 Å². The van der Waals surface area contributed by atoms with Crippen LogP contribution in [0.1, 0.15) is 17.5 Å². The largest absolute Gasteiger partial charge is 0.508 e. The minimum atomic E-state index is -0.0466. The summed E-state index contributed by atoms with van der Waals surface area (Å²) >= 11 is 1.20. The zero-order valence-corrected chi connectivity index (χ0v) is 11.0. The molecule has 0 saturated carbocycles. The van der Waals surface area contributed by atoms with Crippen LogP contribution in [-0.4, -0.2) is 27.0 Å². The highest BCUT2D eigenvalue weighted by molar-refractivity contribution is 7.16. The molecule has 0 fully saturated rings. The normalized spacial score (nSPS) is 11.5. The van der Waals surface area contributed by atoms with Crippen LogP contribution in [0.25, 0.3) is 11.8 Å². The lowest BCUT2D eigenvalue weighted by atomic mass is 10.1.